The van der Waals surface area contributed by atoms with Gasteiger partial charge in [-0.2, -0.15) is 0 Å². The molecule has 0 fully saturated rings. The van der Waals surface area contributed by atoms with Gasteiger partial charge in [0.1, 0.15) is 5.78 Å². The van der Waals surface area contributed by atoms with Gasteiger partial charge in [0, 0.05) is 35.1 Å². The highest BCUT2D eigenvalue weighted by Crippen LogP contribution is 2.32. The number of carbonyl (C=O) groups is 1. The molecule has 0 spiro atoms. The van der Waals surface area contributed by atoms with E-state index in [1.807, 2.05) is 12.1 Å². The fourth-order valence-electron chi connectivity index (χ4n) is 6.46. The van der Waals surface area contributed by atoms with Crippen LogP contribution in [0.15, 0.2) is 142 Å². The Morgan fingerprint density at radius 3 is 1.35 bits per heavy atom. The van der Waals surface area contributed by atoms with Gasteiger partial charge in [0.05, 0.1) is 11.8 Å². The van der Waals surface area contributed by atoms with Crippen molar-refractivity contribution in [1.29, 1.82) is 0 Å². The van der Waals surface area contributed by atoms with E-state index in [0.717, 1.165) is 43.9 Å². The molecule has 0 saturated heterocycles. The maximum atomic E-state index is 15.1. The van der Waals surface area contributed by atoms with E-state index in [1.54, 1.807) is 0 Å². The monoisotopic (exact) mass is 732 g/mol. The summed E-state index contributed by atoms with van der Waals surface area (Å²) in [5, 5.41) is 4.67. The zero-order valence-corrected chi connectivity index (χ0v) is 29.4. The van der Waals surface area contributed by atoms with Crippen LogP contribution in [0, 0.1) is 0 Å². The number of rotatable bonds is 12. The summed E-state index contributed by atoms with van der Waals surface area (Å²) >= 11 is 7.24. The smallest absolute Gasteiger partial charge is 0.150 e. The maximum absolute atomic E-state index is 15.1. The van der Waals surface area contributed by atoms with Crippen LogP contribution in [0.1, 0.15) is 34.1 Å². The molecule has 0 aliphatic heterocycles. The van der Waals surface area contributed by atoms with Gasteiger partial charge >= 0.3 is 0 Å². The third-order valence-corrected chi connectivity index (χ3v) is 9.70. The summed E-state index contributed by atoms with van der Waals surface area (Å²) in [5.41, 5.74) is 4.54. The van der Waals surface area contributed by atoms with Crippen LogP contribution in [0.3, 0.4) is 0 Å². The summed E-state index contributed by atoms with van der Waals surface area (Å²) in [5.74, 6) is -0.372. The van der Waals surface area contributed by atoms with E-state index >= 15 is 4.79 Å². The van der Waals surface area contributed by atoms with Gasteiger partial charge in [-0.1, -0.05) is 141 Å². The molecule has 0 heterocycles. The number of likely N-dealkylation sites (N-methyl/N-ethyl adjacent to an activating group) is 2. The molecule has 0 N–H and O–H groups in total. The highest BCUT2D eigenvalue weighted by Gasteiger charge is 2.32. The topological polar surface area (TPSA) is 23.6 Å². The number of halogens is 2. The molecule has 0 saturated carbocycles. The van der Waals surface area contributed by atoms with Crippen molar-refractivity contribution in [2.75, 3.05) is 27.2 Å². The Morgan fingerprint density at radius 1 is 0.522 bits per heavy atom. The van der Waals surface area contributed by atoms with Gasteiger partial charge in [0.25, 0.3) is 0 Å². The standard InChI is InChI=1S/C41H38Br2N2O/c1-44(25-29-9-7-15-37(42)21-29)27-39(35-19-17-31-11-3-5-13-33(31)23-35)41(46)40(28-45(2)26-30-10-8-16-38(43)22-30)36-20-18-32-12-4-6-14-34(32)24-36/h3-24,39-40H,25-28H2,1-2H3. The maximum Gasteiger partial charge on any atom is 0.150 e. The highest BCUT2D eigenvalue weighted by atomic mass is 79.9. The van der Waals surface area contributed by atoms with Gasteiger partial charge in [0.15, 0.2) is 0 Å². The lowest BCUT2D eigenvalue weighted by Crippen LogP contribution is -2.35. The van der Waals surface area contributed by atoms with Crippen LogP contribution in [0.2, 0.25) is 0 Å². The average molecular weight is 735 g/mol. The first-order valence-corrected chi connectivity index (χ1v) is 17.3. The number of carbonyl (C=O) groups excluding carboxylic acids is 1. The third-order valence-electron chi connectivity index (χ3n) is 8.71. The number of fused-ring (bicyclic) bond motifs is 2. The fourth-order valence-corrected chi connectivity index (χ4v) is 7.35. The quantitative estimate of drug-likeness (QED) is 0.125. The molecule has 0 radical (unpaired) electrons. The van der Waals surface area contributed by atoms with E-state index in [4.69, 9.17) is 0 Å². The lowest BCUT2D eigenvalue weighted by atomic mass is 9.82. The average Bonchev–Trinajstić information content (AvgIpc) is 3.05. The number of ketones is 1. The summed E-state index contributed by atoms with van der Waals surface area (Å²) in [7, 11) is 4.24. The molecule has 2 atom stereocenters. The van der Waals surface area contributed by atoms with Crippen molar-refractivity contribution in [1.82, 2.24) is 9.80 Å². The Kier molecular flexibility index (Phi) is 10.5. The molecule has 5 heteroatoms. The van der Waals surface area contributed by atoms with Crippen LogP contribution in [-0.2, 0) is 17.9 Å². The molecule has 6 aromatic rings. The van der Waals surface area contributed by atoms with Crippen molar-refractivity contribution >= 4 is 59.2 Å². The normalized spacial score (nSPS) is 13.0. The molecule has 3 nitrogen and oxygen atoms in total. The number of Topliss-reactive ketones (excluding diaryl/α,β-unsaturated/α-hetero) is 1. The Morgan fingerprint density at radius 2 is 0.935 bits per heavy atom. The predicted molar refractivity (Wildman–Crippen MR) is 199 cm³/mol. The molecule has 6 rings (SSSR count). The van der Waals surface area contributed by atoms with E-state index in [9.17, 15) is 0 Å². The highest BCUT2D eigenvalue weighted by molar-refractivity contribution is 9.10. The lowest BCUT2D eigenvalue weighted by Gasteiger charge is -2.30. The van der Waals surface area contributed by atoms with E-state index in [1.165, 1.54) is 21.9 Å². The van der Waals surface area contributed by atoms with Crippen molar-refractivity contribution in [3.8, 4) is 0 Å². The SMILES string of the molecule is CN(Cc1cccc(Br)c1)CC(C(=O)C(CN(C)Cc1cccc(Br)c1)c1ccc2ccccc2c1)c1ccc2ccccc2c1. The molecule has 0 bridgehead atoms. The second-order valence-corrected chi connectivity index (χ2v) is 14.2. The van der Waals surface area contributed by atoms with Crippen molar-refractivity contribution in [2.45, 2.75) is 24.9 Å². The zero-order chi connectivity index (χ0) is 32.0. The molecule has 46 heavy (non-hydrogen) atoms. The first kappa shape index (κ1) is 32.3. The molecule has 6 aromatic carbocycles. The van der Waals surface area contributed by atoms with Crippen molar-refractivity contribution in [2.24, 2.45) is 0 Å². The van der Waals surface area contributed by atoms with Crippen LogP contribution in [0.25, 0.3) is 21.5 Å². The van der Waals surface area contributed by atoms with Gasteiger partial charge in [-0.15, -0.1) is 0 Å². The summed E-state index contributed by atoms with van der Waals surface area (Å²) < 4.78 is 2.12. The minimum absolute atomic E-state index is 0.243. The van der Waals surface area contributed by atoms with E-state index in [-0.39, 0.29) is 17.6 Å². The van der Waals surface area contributed by atoms with Gasteiger partial charge in [-0.3, -0.25) is 4.79 Å². The number of benzene rings is 6. The Balaban J connectivity index is 1.38. The summed E-state index contributed by atoms with van der Waals surface area (Å²) in [6.45, 7) is 2.73. The molecule has 0 aliphatic carbocycles. The van der Waals surface area contributed by atoms with E-state index in [2.05, 4.69) is 177 Å². The van der Waals surface area contributed by atoms with Crippen LogP contribution in [0.4, 0.5) is 0 Å². The Labute approximate surface area is 289 Å². The number of hydrogen-bond donors (Lipinski definition) is 0. The molecule has 0 aromatic heterocycles. The van der Waals surface area contributed by atoms with Crippen LogP contribution in [0.5, 0.6) is 0 Å². The largest absolute Gasteiger partial charge is 0.301 e. The van der Waals surface area contributed by atoms with Gasteiger partial charge in [-0.05, 0) is 82.2 Å². The molecule has 232 valence electrons. The first-order valence-electron chi connectivity index (χ1n) is 15.7. The molecular weight excluding hydrogens is 696 g/mol. The Hall–Kier alpha value is -3.61. The minimum atomic E-state index is -0.308. The van der Waals surface area contributed by atoms with Crippen molar-refractivity contribution in [3.63, 3.8) is 0 Å². The van der Waals surface area contributed by atoms with Crippen LogP contribution in [-0.4, -0.2) is 42.8 Å². The fraction of sp³-hybridized carbons (Fsp3) is 0.195. The first-order chi connectivity index (χ1) is 22.3. The number of nitrogens with zero attached hydrogens (tertiary/aromatic N) is 2. The van der Waals surface area contributed by atoms with E-state index in [0.29, 0.717) is 13.1 Å². The van der Waals surface area contributed by atoms with Gasteiger partial charge in [-0.25, -0.2) is 0 Å². The van der Waals surface area contributed by atoms with Gasteiger partial charge in [0.2, 0.25) is 0 Å². The molecule has 0 amide bonds. The Bertz CT molecular complexity index is 1830. The second-order valence-electron chi connectivity index (χ2n) is 12.4. The summed E-state index contributed by atoms with van der Waals surface area (Å²) in [6.07, 6.45) is 0. The van der Waals surface area contributed by atoms with Crippen molar-refractivity contribution < 1.29 is 4.79 Å². The summed E-state index contributed by atoms with van der Waals surface area (Å²) in [4.78, 5) is 19.7. The minimum Gasteiger partial charge on any atom is -0.301 e. The van der Waals surface area contributed by atoms with Crippen molar-refractivity contribution in [3.05, 3.63) is 165 Å². The van der Waals surface area contributed by atoms with Crippen LogP contribution >= 0.6 is 31.9 Å². The van der Waals surface area contributed by atoms with Gasteiger partial charge < -0.3 is 9.80 Å². The predicted octanol–water partition coefficient (Wildman–Crippen LogP) is 10.2. The lowest BCUT2D eigenvalue weighted by molar-refractivity contribution is -0.122. The third kappa shape index (κ3) is 8.02. The molecule has 2 unspecified atom stereocenters. The number of hydrogen-bond acceptors (Lipinski definition) is 3. The zero-order valence-electron chi connectivity index (χ0n) is 26.2. The molecular formula is C41H38Br2N2O. The van der Waals surface area contributed by atoms with E-state index < -0.39 is 0 Å². The molecule has 0 aliphatic rings. The van der Waals surface area contributed by atoms with Crippen LogP contribution < -0.4 is 0 Å². The summed E-state index contributed by atoms with van der Waals surface area (Å²) in [6, 6.07) is 46.6. The second kappa shape index (κ2) is 14.9.